The number of aliphatic hydroxyl groups is 1. The number of aliphatic hydroxyl groups excluding tert-OH is 1. The first kappa shape index (κ1) is 9.75. The molecule has 0 fully saturated rings. The zero-order valence-corrected chi connectivity index (χ0v) is 6.84. The van der Waals surface area contributed by atoms with E-state index in [1.165, 1.54) is 0 Å². The normalized spacial score (nSPS) is 26.0. The van der Waals surface area contributed by atoms with Crippen LogP contribution in [-0.4, -0.2) is 46.9 Å². The van der Waals surface area contributed by atoms with Crippen LogP contribution in [0, 0.1) is 0 Å². The highest BCUT2D eigenvalue weighted by atomic mass is 16.4. The number of hydrogen-bond acceptors (Lipinski definition) is 6. The van der Waals surface area contributed by atoms with E-state index in [0.29, 0.717) is 0 Å². The van der Waals surface area contributed by atoms with Gasteiger partial charge >= 0.3 is 5.97 Å². The first-order valence-electron chi connectivity index (χ1n) is 3.75. The molecule has 1 aliphatic heterocycles. The maximum absolute atomic E-state index is 10.4. The average molecular weight is 188 g/mol. The molecule has 1 rings (SSSR count). The van der Waals surface area contributed by atoms with Crippen molar-refractivity contribution in [1.82, 2.24) is 5.32 Å². The van der Waals surface area contributed by atoms with Gasteiger partial charge in [-0.3, -0.25) is 9.79 Å². The number of carbonyl (C=O) groups is 1. The van der Waals surface area contributed by atoms with E-state index < -0.39 is 24.2 Å². The molecule has 0 aromatic heterocycles. The van der Waals surface area contributed by atoms with Crippen molar-refractivity contribution in [2.24, 2.45) is 16.5 Å². The molecule has 0 spiro atoms. The number of aliphatic imine (C=N–C) groups is 1. The summed E-state index contributed by atoms with van der Waals surface area (Å²) in [6.07, 6.45) is -1.19. The van der Waals surface area contributed by atoms with Crippen LogP contribution < -0.4 is 16.8 Å². The van der Waals surface area contributed by atoms with E-state index in [0.717, 1.165) is 0 Å². The molecule has 3 atom stereocenters. The second-order valence-electron chi connectivity index (χ2n) is 2.83. The van der Waals surface area contributed by atoms with E-state index in [-0.39, 0.29) is 12.5 Å². The molecule has 0 bridgehead atoms. The molecule has 0 saturated carbocycles. The van der Waals surface area contributed by atoms with E-state index in [9.17, 15) is 9.90 Å². The summed E-state index contributed by atoms with van der Waals surface area (Å²) < 4.78 is 0. The summed E-state index contributed by atoms with van der Waals surface area (Å²) in [5.74, 6) is -1.05. The minimum Gasteiger partial charge on any atom is -0.480 e. The predicted octanol–water partition coefficient (Wildman–Crippen LogP) is -2.95. The van der Waals surface area contributed by atoms with Crippen molar-refractivity contribution in [2.75, 3.05) is 6.54 Å². The number of nitrogens with one attached hydrogen (secondary N) is 1. The topological polar surface area (TPSA) is 134 Å². The van der Waals surface area contributed by atoms with Crippen molar-refractivity contribution in [3.63, 3.8) is 0 Å². The number of nitrogens with two attached hydrogens (primary N) is 2. The Morgan fingerprint density at radius 1 is 1.77 bits per heavy atom. The lowest BCUT2D eigenvalue weighted by Crippen LogP contribution is -2.54. The van der Waals surface area contributed by atoms with Crippen LogP contribution in [0.25, 0.3) is 0 Å². The largest absolute Gasteiger partial charge is 0.480 e. The summed E-state index contributed by atoms with van der Waals surface area (Å²) in [7, 11) is 0. The van der Waals surface area contributed by atoms with Crippen molar-refractivity contribution >= 4 is 11.9 Å². The Morgan fingerprint density at radius 3 is 2.77 bits per heavy atom. The van der Waals surface area contributed by atoms with Gasteiger partial charge in [0.15, 0.2) is 5.96 Å². The highest BCUT2D eigenvalue weighted by molar-refractivity contribution is 5.80. The summed E-state index contributed by atoms with van der Waals surface area (Å²) in [6, 6.07) is -1.83. The Balaban J connectivity index is 2.50. The van der Waals surface area contributed by atoms with Crippen molar-refractivity contribution in [2.45, 2.75) is 18.2 Å². The monoisotopic (exact) mass is 188 g/mol. The number of nitrogens with zero attached hydrogens (tertiary/aromatic N) is 1. The molecule has 0 amide bonds. The van der Waals surface area contributed by atoms with Crippen molar-refractivity contribution in [3.8, 4) is 0 Å². The highest BCUT2D eigenvalue weighted by Crippen LogP contribution is 2.03. The summed E-state index contributed by atoms with van der Waals surface area (Å²) in [4.78, 5) is 14.2. The van der Waals surface area contributed by atoms with E-state index in [1.54, 1.807) is 0 Å². The minimum atomic E-state index is -1.32. The number of guanidine groups is 1. The maximum Gasteiger partial charge on any atom is 0.323 e. The number of rotatable bonds is 3. The molecule has 0 unspecified atom stereocenters. The smallest absolute Gasteiger partial charge is 0.323 e. The summed E-state index contributed by atoms with van der Waals surface area (Å²) in [5.41, 5.74) is 10.5. The molecule has 7 nitrogen and oxygen atoms in total. The first-order chi connectivity index (χ1) is 6.02. The van der Waals surface area contributed by atoms with Gasteiger partial charge in [-0.25, -0.2) is 0 Å². The van der Waals surface area contributed by atoms with Gasteiger partial charge in [0, 0.05) is 0 Å². The Hall–Kier alpha value is -1.34. The lowest BCUT2D eigenvalue weighted by atomic mass is 10.1. The molecule has 7 heteroatoms. The molecule has 1 heterocycles. The van der Waals surface area contributed by atoms with Crippen LogP contribution in [0.4, 0.5) is 0 Å². The van der Waals surface area contributed by atoms with Crippen LogP contribution in [0.2, 0.25) is 0 Å². The van der Waals surface area contributed by atoms with Crippen molar-refractivity contribution in [3.05, 3.63) is 0 Å². The Labute approximate surface area is 74.4 Å². The third kappa shape index (κ3) is 2.07. The molecule has 74 valence electrons. The fourth-order valence-electron chi connectivity index (χ4n) is 1.07. The second kappa shape index (κ2) is 3.58. The van der Waals surface area contributed by atoms with Crippen molar-refractivity contribution < 1.29 is 15.0 Å². The van der Waals surface area contributed by atoms with Gasteiger partial charge in [0.1, 0.15) is 12.1 Å². The lowest BCUT2D eigenvalue weighted by molar-refractivity contribution is -0.141. The fourth-order valence-corrected chi connectivity index (χ4v) is 1.07. The molecule has 13 heavy (non-hydrogen) atoms. The SMILES string of the molecule is NC1=NC[C@@H]([C@@H](O)[C@H](N)C(=O)O)N1. The van der Waals surface area contributed by atoms with Gasteiger partial charge in [-0.2, -0.15) is 0 Å². The van der Waals surface area contributed by atoms with Gasteiger partial charge < -0.3 is 27.0 Å². The molecule has 0 aromatic carbocycles. The van der Waals surface area contributed by atoms with E-state index >= 15 is 0 Å². The van der Waals surface area contributed by atoms with Crippen LogP contribution in [0.5, 0.6) is 0 Å². The Morgan fingerprint density at radius 2 is 2.38 bits per heavy atom. The summed E-state index contributed by atoms with van der Waals surface area (Å²) in [6.45, 7) is 0.244. The van der Waals surface area contributed by atoms with Gasteiger partial charge in [-0.1, -0.05) is 0 Å². The van der Waals surface area contributed by atoms with Crippen LogP contribution >= 0.6 is 0 Å². The third-order valence-corrected chi connectivity index (χ3v) is 1.86. The lowest BCUT2D eigenvalue weighted by Gasteiger charge is -2.21. The third-order valence-electron chi connectivity index (χ3n) is 1.86. The number of carboxylic acid groups (broad SMARTS) is 1. The van der Waals surface area contributed by atoms with Gasteiger partial charge in [-0.15, -0.1) is 0 Å². The number of aliphatic carboxylic acids is 1. The predicted molar refractivity (Wildman–Crippen MR) is 45.0 cm³/mol. The van der Waals surface area contributed by atoms with Crippen LogP contribution in [0.3, 0.4) is 0 Å². The van der Waals surface area contributed by atoms with Crippen LogP contribution in [-0.2, 0) is 4.79 Å². The molecule has 0 aromatic rings. The highest BCUT2D eigenvalue weighted by Gasteiger charge is 2.32. The molecule has 0 radical (unpaired) electrons. The van der Waals surface area contributed by atoms with E-state index in [4.69, 9.17) is 16.6 Å². The molecule has 1 aliphatic rings. The van der Waals surface area contributed by atoms with Crippen molar-refractivity contribution in [1.29, 1.82) is 0 Å². The quantitative estimate of drug-likeness (QED) is 0.321. The second-order valence-corrected chi connectivity index (χ2v) is 2.83. The first-order valence-corrected chi connectivity index (χ1v) is 3.75. The van der Waals surface area contributed by atoms with E-state index in [2.05, 4.69) is 10.3 Å². The molecular formula is C6H12N4O3. The van der Waals surface area contributed by atoms with Gasteiger partial charge in [0.05, 0.1) is 12.6 Å². The molecule has 7 N–H and O–H groups in total. The zero-order chi connectivity index (χ0) is 10.0. The van der Waals surface area contributed by atoms with Gasteiger partial charge in [-0.05, 0) is 0 Å². The molecule has 0 saturated heterocycles. The van der Waals surface area contributed by atoms with Gasteiger partial charge in [0.2, 0.25) is 0 Å². The van der Waals surface area contributed by atoms with E-state index in [1.807, 2.05) is 0 Å². The Kier molecular flexibility index (Phi) is 2.69. The number of carboxylic acids is 1. The standard InChI is InChI=1S/C6H12N4O3/c7-3(5(12)13)4(11)2-1-9-6(8)10-2/h2-4,11H,1,7H2,(H,12,13)(H3,8,9,10)/t2-,3-,4+/m0/s1. The zero-order valence-electron chi connectivity index (χ0n) is 6.84. The van der Waals surface area contributed by atoms with Crippen LogP contribution in [0.15, 0.2) is 4.99 Å². The van der Waals surface area contributed by atoms with Gasteiger partial charge in [0.25, 0.3) is 0 Å². The summed E-state index contributed by atoms with van der Waals surface area (Å²) >= 11 is 0. The Bertz CT molecular complexity index is 242. The molecular weight excluding hydrogens is 176 g/mol. The fraction of sp³-hybridized carbons (Fsp3) is 0.667. The average Bonchev–Trinajstić information content (AvgIpc) is 2.49. The minimum absolute atomic E-state index is 0.196. The number of hydrogen-bond donors (Lipinski definition) is 5. The summed E-state index contributed by atoms with van der Waals surface area (Å²) in [5, 5.41) is 20.5. The maximum atomic E-state index is 10.4. The van der Waals surface area contributed by atoms with Crippen LogP contribution in [0.1, 0.15) is 0 Å². The molecule has 0 aliphatic carbocycles.